The molecule has 6 heteroatoms. The molecule has 0 fully saturated rings. The zero-order valence-corrected chi connectivity index (χ0v) is 12.1. The number of nitrogens with one attached hydrogen (secondary N) is 1. The van der Waals surface area contributed by atoms with Gasteiger partial charge in [-0.15, -0.1) is 0 Å². The van der Waals surface area contributed by atoms with E-state index < -0.39 is 5.97 Å². The summed E-state index contributed by atoms with van der Waals surface area (Å²) in [6.45, 7) is 4.68. The molecule has 0 saturated carbocycles. The van der Waals surface area contributed by atoms with Gasteiger partial charge in [-0.25, -0.2) is 4.79 Å². The number of hydrogen-bond donors (Lipinski definition) is 2. The van der Waals surface area contributed by atoms with Crippen LogP contribution in [0.25, 0.3) is 0 Å². The van der Waals surface area contributed by atoms with Crippen molar-refractivity contribution in [3.63, 3.8) is 0 Å². The maximum absolute atomic E-state index is 11.7. The van der Waals surface area contributed by atoms with E-state index in [4.69, 9.17) is 10.5 Å². The number of esters is 1. The Labute approximate surface area is 118 Å². The highest BCUT2D eigenvalue weighted by Crippen LogP contribution is 2.23. The molecule has 20 heavy (non-hydrogen) atoms. The van der Waals surface area contributed by atoms with Crippen molar-refractivity contribution in [3.8, 4) is 0 Å². The predicted molar refractivity (Wildman–Crippen MR) is 78.6 cm³/mol. The van der Waals surface area contributed by atoms with Crippen LogP contribution in [0.3, 0.4) is 0 Å². The molecule has 1 aromatic carbocycles. The minimum Gasteiger partial charge on any atom is -0.462 e. The summed E-state index contributed by atoms with van der Waals surface area (Å²) in [7, 11) is 1.72. The molecule has 6 nitrogen and oxygen atoms in total. The summed E-state index contributed by atoms with van der Waals surface area (Å²) in [5.41, 5.74) is 7.06. The Morgan fingerprint density at radius 2 is 2.05 bits per heavy atom. The van der Waals surface area contributed by atoms with Crippen molar-refractivity contribution in [1.82, 2.24) is 4.90 Å². The Morgan fingerprint density at radius 1 is 1.35 bits per heavy atom. The van der Waals surface area contributed by atoms with Gasteiger partial charge in [0.15, 0.2) is 0 Å². The zero-order chi connectivity index (χ0) is 15.1. The monoisotopic (exact) mass is 279 g/mol. The highest BCUT2D eigenvalue weighted by molar-refractivity contribution is 5.98. The summed E-state index contributed by atoms with van der Waals surface area (Å²) < 4.78 is 4.92. The summed E-state index contributed by atoms with van der Waals surface area (Å²) >= 11 is 0. The number of amides is 1. The fourth-order valence-corrected chi connectivity index (χ4v) is 1.59. The minimum atomic E-state index is -0.467. The van der Waals surface area contributed by atoms with E-state index in [9.17, 15) is 9.59 Å². The lowest BCUT2D eigenvalue weighted by Crippen LogP contribution is -2.32. The molecule has 0 aliphatic heterocycles. The number of nitrogens with two attached hydrogens (primary N) is 1. The molecule has 0 bridgehead atoms. The molecular formula is C14H21N3O3. The van der Waals surface area contributed by atoms with Gasteiger partial charge in [0.2, 0.25) is 5.91 Å². The van der Waals surface area contributed by atoms with Crippen molar-refractivity contribution >= 4 is 23.3 Å². The lowest BCUT2D eigenvalue weighted by atomic mass is 10.1. The van der Waals surface area contributed by atoms with Gasteiger partial charge in [-0.3, -0.25) is 4.79 Å². The molecule has 1 aromatic rings. The molecule has 1 amide bonds. The third-order valence-electron chi connectivity index (χ3n) is 2.93. The highest BCUT2D eigenvalue weighted by atomic mass is 16.5. The van der Waals surface area contributed by atoms with Gasteiger partial charge >= 0.3 is 5.97 Å². The first-order valence-electron chi connectivity index (χ1n) is 6.54. The summed E-state index contributed by atoms with van der Waals surface area (Å²) in [5.74, 6) is -0.515. The number of carbonyl (C=O) groups is 2. The SMILES string of the molecule is CCOC(=O)c1cccc(NCC(=O)N(C)CC)c1N. The van der Waals surface area contributed by atoms with E-state index in [1.165, 1.54) is 0 Å². The van der Waals surface area contributed by atoms with Gasteiger partial charge in [0.05, 0.1) is 30.1 Å². The summed E-state index contributed by atoms with van der Waals surface area (Å²) in [6.07, 6.45) is 0. The molecule has 0 radical (unpaired) electrons. The fraction of sp³-hybridized carbons (Fsp3) is 0.429. The molecule has 3 N–H and O–H groups in total. The molecule has 0 saturated heterocycles. The van der Waals surface area contributed by atoms with Crippen molar-refractivity contribution in [2.24, 2.45) is 0 Å². The quantitative estimate of drug-likeness (QED) is 0.606. The van der Waals surface area contributed by atoms with E-state index in [1.807, 2.05) is 6.92 Å². The van der Waals surface area contributed by atoms with Gasteiger partial charge in [0.1, 0.15) is 0 Å². The van der Waals surface area contributed by atoms with Crippen molar-refractivity contribution in [2.45, 2.75) is 13.8 Å². The van der Waals surface area contributed by atoms with Gasteiger partial charge in [-0.05, 0) is 26.0 Å². The second-order valence-electron chi connectivity index (χ2n) is 4.25. The number of likely N-dealkylation sites (N-methyl/N-ethyl adjacent to an activating group) is 1. The predicted octanol–water partition coefficient (Wildman–Crippen LogP) is 1.34. The van der Waals surface area contributed by atoms with Gasteiger partial charge in [0, 0.05) is 13.6 Å². The Hall–Kier alpha value is -2.24. The molecule has 0 heterocycles. The van der Waals surface area contributed by atoms with Gasteiger partial charge in [-0.1, -0.05) is 6.07 Å². The van der Waals surface area contributed by atoms with Crippen LogP contribution < -0.4 is 11.1 Å². The van der Waals surface area contributed by atoms with Crippen LogP contribution in [0.2, 0.25) is 0 Å². The maximum Gasteiger partial charge on any atom is 0.340 e. The van der Waals surface area contributed by atoms with E-state index in [0.717, 1.165) is 0 Å². The number of rotatable bonds is 6. The highest BCUT2D eigenvalue weighted by Gasteiger charge is 2.14. The van der Waals surface area contributed by atoms with E-state index >= 15 is 0 Å². The standard InChI is InChI=1S/C14H21N3O3/c1-4-17(3)12(18)9-16-11-8-6-7-10(13(11)15)14(19)20-5-2/h6-8,16H,4-5,9,15H2,1-3H3. The molecule has 0 spiro atoms. The van der Waals surface area contributed by atoms with E-state index in [2.05, 4.69) is 5.32 Å². The first kappa shape index (κ1) is 15.8. The van der Waals surface area contributed by atoms with Crippen LogP contribution in [0.1, 0.15) is 24.2 Å². The van der Waals surface area contributed by atoms with E-state index in [0.29, 0.717) is 17.8 Å². The smallest absolute Gasteiger partial charge is 0.340 e. The average Bonchev–Trinajstić information content (AvgIpc) is 2.45. The molecule has 0 aromatic heterocycles. The fourth-order valence-electron chi connectivity index (χ4n) is 1.59. The molecule has 110 valence electrons. The molecule has 0 aliphatic rings. The maximum atomic E-state index is 11.7. The van der Waals surface area contributed by atoms with Crippen molar-refractivity contribution in [1.29, 1.82) is 0 Å². The Balaban J connectivity index is 2.79. The summed E-state index contributed by atoms with van der Waals surface area (Å²) in [6, 6.07) is 5.01. The molecule has 0 unspecified atom stereocenters. The summed E-state index contributed by atoms with van der Waals surface area (Å²) in [5, 5.41) is 2.94. The lowest BCUT2D eigenvalue weighted by molar-refractivity contribution is -0.127. The Bertz CT molecular complexity index is 489. The van der Waals surface area contributed by atoms with Gasteiger partial charge in [-0.2, -0.15) is 0 Å². The van der Waals surface area contributed by atoms with Gasteiger partial charge < -0.3 is 20.7 Å². The van der Waals surface area contributed by atoms with Crippen LogP contribution in [0.5, 0.6) is 0 Å². The number of hydrogen-bond acceptors (Lipinski definition) is 5. The van der Waals surface area contributed by atoms with Crippen molar-refractivity contribution < 1.29 is 14.3 Å². The number of ether oxygens (including phenoxy) is 1. The molecule has 0 aliphatic carbocycles. The van der Waals surface area contributed by atoms with Crippen LogP contribution in [-0.2, 0) is 9.53 Å². The minimum absolute atomic E-state index is 0.0477. The second kappa shape index (κ2) is 7.37. The third kappa shape index (κ3) is 3.88. The van der Waals surface area contributed by atoms with Crippen molar-refractivity contribution in [2.75, 3.05) is 37.8 Å². The number of benzene rings is 1. The molecule has 0 atom stereocenters. The van der Waals surface area contributed by atoms with Crippen LogP contribution in [-0.4, -0.2) is 43.5 Å². The largest absolute Gasteiger partial charge is 0.462 e. The zero-order valence-electron chi connectivity index (χ0n) is 12.1. The van der Waals surface area contributed by atoms with Crippen LogP contribution in [0, 0.1) is 0 Å². The number of anilines is 2. The first-order valence-corrected chi connectivity index (χ1v) is 6.54. The summed E-state index contributed by atoms with van der Waals surface area (Å²) in [4.78, 5) is 25.0. The number of carbonyl (C=O) groups excluding carboxylic acids is 2. The molecule has 1 rings (SSSR count). The second-order valence-corrected chi connectivity index (χ2v) is 4.25. The third-order valence-corrected chi connectivity index (χ3v) is 2.93. The van der Waals surface area contributed by atoms with E-state index in [-0.39, 0.29) is 24.7 Å². The van der Waals surface area contributed by atoms with E-state index in [1.54, 1.807) is 37.1 Å². The topological polar surface area (TPSA) is 84.7 Å². The van der Waals surface area contributed by atoms with Crippen LogP contribution >= 0.6 is 0 Å². The molecular weight excluding hydrogens is 258 g/mol. The normalized spacial score (nSPS) is 9.95. The Morgan fingerprint density at radius 3 is 2.65 bits per heavy atom. The first-order chi connectivity index (χ1) is 9.51. The Kier molecular flexibility index (Phi) is 5.83. The number of nitrogen functional groups attached to an aromatic ring is 1. The number of nitrogens with zero attached hydrogens (tertiary/aromatic N) is 1. The van der Waals surface area contributed by atoms with Crippen LogP contribution in [0.15, 0.2) is 18.2 Å². The van der Waals surface area contributed by atoms with Crippen molar-refractivity contribution in [3.05, 3.63) is 23.8 Å². The lowest BCUT2D eigenvalue weighted by Gasteiger charge is -2.16. The van der Waals surface area contributed by atoms with Gasteiger partial charge in [0.25, 0.3) is 0 Å². The van der Waals surface area contributed by atoms with Crippen LogP contribution in [0.4, 0.5) is 11.4 Å². The average molecular weight is 279 g/mol. The number of para-hydroxylation sites is 1.